The molecule has 2 bridgehead atoms. The first-order valence-electron chi connectivity index (χ1n) is 6.68. The lowest BCUT2D eigenvalue weighted by Gasteiger charge is -2.24. The average molecular weight is 329 g/mol. The number of nitrogens with two attached hydrogens (primary N) is 1. The van der Waals surface area contributed by atoms with Crippen LogP contribution in [0.15, 0.2) is 18.2 Å². The second-order valence-corrected chi connectivity index (χ2v) is 6.18. The average Bonchev–Trinajstić information content (AvgIpc) is 3.03. The van der Waals surface area contributed by atoms with Gasteiger partial charge in [-0.1, -0.05) is 23.2 Å². The van der Waals surface area contributed by atoms with Crippen molar-refractivity contribution >= 4 is 40.7 Å². The number of nitrogens with one attached hydrogen (secondary N) is 1. The zero-order valence-corrected chi connectivity index (χ0v) is 12.5. The van der Waals surface area contributed by atoms with Crippen molar-refractivity contribution in [2.45, 2.75) is 25.0 Å². The van der Waals surface area contributed by atoms with Gasteiger partial charge in [-0.2, -0.15) is 0 Å². The van der Waals surface area contributed by atoms with Crippen molar-refractivity contribution in [1.82, 2.24) is 0 Å². The summed E-state index contributed by atoms with van der Waals surface area (Å²) in [6.45, 7) is 0. The van der Waals surface area contributed by atoms with Crippen LogP contribution in [0.25, 0.3) is 0 Å². The third kappa shape index (κ3) is 2.61. The number of primary amides is 1. The molecule has 2 aliphatic heterocycles. The third-order valence-electron chi connectivity index (χ3n) is 4.09. The molecule has 2 saturated heterocycles. The van der Waals surface area contributed by atoms with Gasteiger partial charge >= 0.3 is 0 Å². The van der Waals surface area contributed by atoms with E-state index < -0.39 is 17.7 Å². The third-order valence-corrected chi connectivity index (χ3v) is 4.83. The number of rotatable bonds is 3. The molecule has 0 saturated carbocycles. The number of hydrogen-bond acceptors (Lipinski definition) is 3. The fourth-order valence-electron chi connectivity index (χ4n) is 3.17. The summed E-state index contributed by atoms with van der Waals surface area (Å²) in [5.41, 5.74) is 5.94. The largest absolute Gasteiger partial charge is 0.373 e. The van der Waals surface area contributed by atoms with Gasteiger partial charge < -0.3 is 15.8 Å². The van der Waals surface area contributed by atoms with Gasteiger partial charge in [0.25, 0.3) is 0 Å². The summed E-state index contributed by atoms with van der Waals surface area (Å²) in [7, 11) is 0. The topological polar surface area (TPSA) is 81.4 Å². The molecule has 1 aromatic rings. The number of carbonyl (C=O) groups is 2. The van der Waals surface area contributed by atoms with Crippen LogP contribution in [-0.4, -0.2) is 24.0 Å². The first-order valence-corrected chi connectivity index (χ1v) is 7.43. The van der Waals surface area contributed by atoms with E-state index >= 15 is 0 Å². The van der Waals surface area contributed by atoms with E-state index in [9.17, 15) is 9.59 Å². The number of hydrogen-bond donors (Lipinski definition) is 2. The van der Waals surface area contributed by atoms with Gasteiger partial charge in [0.1, 0.15) is 0 Å². The van der Waals surface area contributed by atoms with E-state index in [0.717, 1.165) is 12.8 Å². The Kier molecular flexibility index (Phi) is 3.82. The summed E-state index contributed by atoms with van der Waals surface area (Å²) in [5.74, 6) is -1.87. The van der Waals surface area contributed by atoms with Gasteiger partial charge in [-0.15, -0.1) is 0 Å². The van der Waals surface area contributed by atoms with Crippen LogP contribution in [0.5, 0.6) is 0 Å². The summed E-state index contributed by atoms with van der Waals surface area (Å²) in [4.78, 5) is 24.0. The van der Waals surface area contributed by atoms with Crippen LogP contribution >= 0.6 is 23.2 Å². The number of halogens is 2. The minimum Gasteiger partial charge on any atom is -0.373 e. The molecule has 0 unspecified atom stereocenters. The quantitative estimate of drug-likeness (QED) is 0.892. The minimum absolute atomic E-state index is 0.239. The molecule has 0 radical (unpaired) electrons. The summed E-state index contributed by atoms with van der Waals surface area (Å²) in [6, 6.07) is 4.82. The monoisotopic (exact) mass is 328 g/mol. The summed E-state index contributed by atoms with van der Waals surface area (Å²) in [5, 5.41) is 3.51. The smallest absolute Gasteiger partial charge is 0.231 e. The molecule has 4 atom stereocenters. The maximum absolute atomic E-state index is 12.4. The Labute approximate surface area is 131 Å². The van der Waals surface area contributed by atoms with Crippen molar-refractivity contribution < 1.29 is 14.3 Å². The van der Waals surface area contributed by atoms with Crippen LogP contribution in [0.1, 0.15) is 12.8 Å². The van der Waals surface area contributed by atoms with Crippen molar-refractivity contribution in [2.24, 2.45) is 17.6 Å². The van der Waals surface area contributed by atoms with E-state index in [4.69, 9.17) is 33.7 Å². The molecule has 2 fully saturated rings. The fourth-order valence-corrected chi connectivity index (χ4v) is 3.47. The first-order chi connectivity index (χ1) is 9.97. The van der Waals surface area contributed by atoms with Gasteiger partial charge in [-0.25, -0.2) is 0 Å². The van der Waals surface area contributed by atoms with Crippen molar-refractivity contribution in [3.05, 3.63) is 28.2 Å². The lowest BCUT2D eigenvalue weighted by Crippen LogP contribution is -2.43. The highest BCUT2D eigenvalue weighted by Crippen LogP contribution is 2.43. The molecule has 112 valence electrons. The Morgan fingerprint density at radius 3 is 2.43 bits per heavy atom. The molecule has 2 aliphatic rings. The lowest BCUT2D eigenvalue weighted by atomic mass is 9.78. The lowest BCUT2D eigenvalue weighted by molar-refractivity contribution is -0.130. The minimum atomic E-state index is -0.563. The number of amides is 2. The van der Waals surface area contributed by atoms with Gasteiger partial charge in [0.2, 0.25) is 11.8 Å². The highest BCUT2D eigenvalue weighted by molar-refractivity contribution is 6.42. The van der Waals surface area contributed by atoms with Crippen LogP contribution in [-0.2, 0) is 14.3 Å². The molecule has 7 heteroatoms. The van der Waals surface area contributed by atoms with Crippen molar-refractivity contribution in [1.29, 1.82) is 0 Å². The maximum atomic E-state index is 12.4. The predicted molar refractivity (Wildman–Crippen MR) is 79.2 cm³/mol. The summed E-state index contributed by atoms with van der Waals surface area (Å²) in [6.07, 6.45) is 1.07. The SMILES string of the molecule is NC(=O)[C@H]1[C@H](C(=O)Nc2ccc(Cl)c(Cl)c2)[C@@H]2CC[C@H]1O2. The molecule has 0 spiro atoms. The van der Waals surface area contributed by atoms with E-state index in [-0.39, 0.29) is 18.1 Å². The molecular weight excluding hydrogens is 315 g/mol. The van der Waals surface area contributed by atoms with Gasteiger partial charge in [0.05, 0.1) is 34.1 Å². The second-order valence-electron chi connectivity index (χ2n) is 5.36. The highest BCUT2D eigenvalue weighted by Gasteiger charge is 2.54. The highest BCUT2D eigenvalue weighted by atomic mass is 35.5. The number of anilines is 1. The zero-order valence-electron chi connectivity index (χ0n) is 11.0. The van der Waals surface area contributed by atoms with E-state index in [1.807, 2.05) is 0 Å². The Hall–Kier alpha value is -1.30. The fraction of sp³-hybridized carbons (Fsp3) is 0.429. The van der Waals surface area contributed by atoms with Gasteiger partial charge in [0, 0.05) is 5.69 Å². The van der Waals surface area contributed by atoms with Gasteiger partial charge in [-0.3, -0.25) is 9.59 Å². The molecule has 21 heavy (non-hydrogen) atoms. The van der Waals surface area contributed by atoms with E-state index in [0.29, 0.717) is 15.7 Å². The number of carbonyl (C=O) groups excluding carboxylic acids is 2. The molecule has 2 amide bonds. The van der Waals surface area contributed by atoms with Crippen LogP contribution < -0.4 is 11.1 Å². The molecule has 0 aromatic heterocycles. The predicted octanol–water partition coefficient (Wildman–Crippen LogP) is 2.21. The molecule has 3 rings (SSSR count). The summed E-state index contributed by atoms with van der Waals surface area (Å²) < 4.78 is 5.65. The summed E-state index contributed by atoms with van der Waals surface area (Å²) >= 11 is 11.8. The normalized spacial score (nSPS) is 30.4. The Bertz CT molecular complexity index is 608. The Morgan fingerprint density at radius 1 is 1.14 bits per heavy atom. The van der Waals surface area contributed by atoms with E-state index in [2.05, 4.69) is 5.32 Å². The second kappa shape index (κ2) is 5.48. The van der Waals surface area contributed by atoms with Crippen molar-refractivity contribution in [3.8, 4) is 0 Å². The maximum Gasteiger partial charge on any atom is 0.231 e. The molecule has 5 nitrogen and oxygen atoms in total. The Morgan fingerprint density at radius 2 is 1.81 bits per heavy atom. The molecule has 1 aromatic carbocycles. The Balaban J connectivity index is 1.78. The standard InChI is InChI=1S/C14H14Cl2N2O3/c15-7-2-1-6(5-8(7)16)18-14(20)12-10-4-3-9(21-10)11(12)13(17)19/h1-2,5,9-12H,3-4H2,(H2,17,19)(H,18,20)/t9-,10+,11-,12-/m1/s1. The molecule has 0 aliphatic carbocycles. The van der Waals surface area contributed by atoms with Crippen LogP contribution in [0.2, 0.25) is 10.0 Å². The van der Waals surface area contributed by atoms with Crippen LogP contribution in [0.4, 0.5) is 5.69 Å². The molecule has 2 heterocycles. The van der Waals surface area contributed by atoms with Crippen molar-refractivity contribution in [3.63, 3.8) is 0 Å². The molecular formula is C14H14Cl2N2O3. The van der Waals surface area contributed by atoms with Crippen molar-refractivity contribution in [2.75, 3.05) is 5.32 Å². The number of benzene rings is 1. The van der Waals surface area contributed by atoms with Gasteiger partial charge in [0.15, 0.2) is 0 Å². The van der Waals surface area contributed by atoms with E-state index in [1.165, 1.54) is 0 Å². The van der Waals surface area contributed by atoms with Crippen LogP contribution in [0.3, 0.4) is 0 Å². The number of ether oxygens (including phenoxy) is 1. The first kappa shape index (κ1) is 14.6. The number of fused-ring (bicyclic) bond motifs is 2. The van der Waals surface area contributed by atoms with Crippen LogP contribution in [0, 0.1) is 11.8 Å². The van der Waals surface area contributed by atoms with E-state index in [1.54, 1.807) is 18.2 Å². The van der Waals surface area contributed by atoms with Gasteiger partial charge in [-0.05, 0) is 31.0 Å². The zero-order chi connectivity index (χ0) is 15.1. The molecule has 3 N–H and O–H groups in total.